The SMILES string of the molecule is COc1cc(OCc2c(-c3nc(-c4ccc(Cn5cnnn5)cc4)no3)cnn2C)ccn1. The molecule has 0 radical (unpaired) electrons. The van der Waals surface area contributed by atoms with Gasteiger partial charge in [0.2, 0.25) is 11.7 Å². The molecule has 12 heteroatoms. The van der Waals surface area contributed by atoms with Gasteiger partial charge in [-0.2, -0.15) is 10.1 Å². The van der Waals surface area contributed by atoms with E-state index < -0.39 is 0 Å². The van der Waals surface area contributed by atoms with Crippen LogP contribution in [0.4, 0.5) is 0 Å². The van der Waals surface area contributed by atoms with Gasteiger partial charge in [0.15, 0.2) is 0 Å². The zero-order valence-corrected chi connectivity index (χ0v) is 17.9. The van der Waals surface area contributed by atoms with Crippen molar-refractivity contribution in [3.63, 3.8) is 0 Å². The lowest BCUT2D eigenvalue weighted by Gasteiger charge is -2.08. The van der Waals surface area contributed by atoms with Gasteiger partial charge < -0.3 is 14.0 Å². The van der Waals surface area contributed by atoms with Gasteiger partial charge in [-0.25, -0.2) is 9.67 Å². The molecular weight excluding hydrogens is 426 g/mol. The Hall–Kier alpha value is -4.61. The van der Waals surface area contributed by atoms with Crippen LogP contribution >= 0.6 is 0 Å². The number of methoxy groups -OCH3 is 1. The van der Waals surface area contributed by atoms with Crippen LogP contribution in [0.25, 0.3) is 22.8 Å². The lowest BCUT2D eigenvalue weighted by Crippen LogP contribution is -2.04. The molecule has 0 N–H and O–H groups in total. The first-order valence-corrected chi connectivity index (χ1v) is 9.97. The molecule has 4 heterocycles. The molecule has 33 heavy (non-hydrogen) atoms. The molecule has 0 spiro atoms. The molecule has 1 aromatic carbocycles. The Bertz CT molecular complexity index is 1340. The Labute approximate surface area is 187 Å². The van der Waals surface area contributed by atoms with Crippen molar-refractivity contribution in [2.45, 2.75) is 13.2 Å². The van der Waals surface area contributed by atoms with Gasteiger partial charge in [0.05, 0.1) is 31.1 Å². The average Bonchev–Trinajstić information content (AvgIpc) is 3.60. The van der Waals surface area contributed by atoms with Crippen LogP contribution in [0.1, 0.15) is 11.3 Å². The first-order chi connectivity index (χ1) is 16.2. The number of nitrogens with zero attached hydrogens (tertiary/aromatic N) is 9. The van der Waals surface area contributed by atoms with Crippen LogP contribution in [-0.4, -0.2) is 52.2 Å². The van der Waals surface area contributed by atoms with E-state index in [-0.39, 0.29) is 6.61 Å². The summed E-state index contributed by atoms with van der Waals surface area (Å²) in [6, 6.07) is 11.3. The van der Waals surface area contributed by atoms with E-state index in [1.165, 1.54) is 0 Å². The van der Waals surface area contributed by atoms with Crippen LogP contribution in [-0.2, 0) is 20.2 Å². The van der Waals surface area contributed by atoms with Crippen LogP contribution in [0.5, 0.6) is 11.6 Å². The summed E-state index contributed by atoms with van der Waals surface area (Å²) in [7, 11) is 3.39. The number of rotatable bonds is 8. The van der Waals surface area contributed by atoms with Crippen molar-refractivity contribution in [2.75, 3.05) is 7.11 Å². The Morgan fingerprint density at radius 2 is 2.00 bits per heavy atom. The smallest absolute Gasteiger partial charge is 0.261 e. The third kappa shape index (κ3) is 4.39. The highest BCUT2D eigenvalue weighted by atomic mass is 16.5. The fourth-order valence-electron chi connectivity index (χ4n) is 3.21. The van der Waals surface area contributed by atoms with E-state index >= 15 is 0 Å². The first-order valence-electron chi connectivity index (χ1n) is 9.97. The van der Waals surface area contributed by atoms with E-state index in [2.05, 4.69) is 35.7 Å². The van der Waals surface area contributed by atoms with Gasteiger partial charge in [0, 0.05) is 24.9 Å². The predicted octanol–water partition coefficient (Wildman–Crippen LogP) is 2.15. The maximum Gasteiger partial charge on any atom is 0.261 e. The minimum absolute atomic E-state index is 0.253. The second-order valence-corrected chi connectivity index (χ2v) is 7.08. The van der Waals surface area contributed by atoms with E-state index in [9.17, 15) is 0 Å². The van der Waals surface area contributed by atoms with Gasteiger partial charge >= 0.3 is 0 Å². The predicted molar refractivity (Wildman–Crippen MR) is 114 cm³/mol. The maximum absolute atomic E-state index is 5.90. The van der Waals surface area contributed by atoms with E-state index in [1.807, 2.05) is 31.3 Å². The standard InChI is InChI=1S/C21H19N9O3/c1-29-18(12-32-16-7-8-22-19(9-16)31-2)17(10-24-29)21-25-20(26-33-21)15-5-3-14(4-6-15)11-30-13-23-27-28-30/h3-10,13H,11-12H2,1-2H3. The highest BCUT2D eigenvalue weighted by Crippen LogP contribution is 2.26. The third-order valence-electron chi connectivity index (χ3n) is 4.96. The molecule has 0 aliphatic carbocycles. The Morgan fingerprint density at radius 3 is 2.79 bits per heavy atom. The van der Waals surface area contributed by atoms with Gasteiger partial charge in [0.25, 0.3) is 5.89 Å². The van der Waals surface area contributed by atoms with Crippen LogP contribution in [0.2, 0.25) is 0 Å². The molecule has 166 valence electrons. The van der Waals surface area contributed by atoms with Gasteiger partial charge in [-0.3, -0.25) is 4.68 Å². The number of aromatic nitrogens is 9. The summed E-state index contributed by atoms with van der Waals surface area (Å²) in [5, 5.41) is 19.6. The van der Waals surface area contributed by atoms with Crippen molar-refractivity contribution >= 4 is 0 Å². The first kappa shape index (κ1) is 20.3. The minimum atomic E-state index is 0.253. The number of hydrogen-bond donors (Lipinski definition) is 0. The summed E-state index contributed by atoms with van der Waals surface area (Å²) in [4.78, 5) is 8.64. The molecule has 5 rings (SSSR count). The van der Waals surface area contributed by atoms with Crippen LogP contribution in [0.3, 0.4) is 0 Å². The van der Waals surface area contributed by atoms with E-state index in [4.69, 9.17) is 14.0 Å². The number of tetrazole rings is 1. The summed E-state index contributed by atoms with van der Waals surface area (Å²) in [6.45, 7) is 0.829. The molecule has 0 unspecified atom stereocenters. The fraction of sp³-hybridized carbons (Fsp3) is 0.190. The Morgan fingerprint density at radius 1 is 1.12 bits per heavy atom. The molecule has 0 fully saturated rings. The molecule has 0 saturated heterocycles. The summed E-state index contributed by atoms with van der Waals surface area (Å²) < 4.78 is 19.9. The zero-order valence-electron chi connectivity index (χ0n) is 17.9. The lowest BCUT2D eigenvalue weighted by molar-refractivity contribution is 0.291. The zero-order chi connectivity index (χ0) is 22.6. The molecule has 0 saturated carbocycles. The minimum Gasteiger partial charge on any atom is -0.487 e. The van der Waals surface area contributed by atoms with Gasteiger partial charge in [-0.05, 0) is 22.1 Å². The number of ether oxygens (including phenoxy) is 2. The Kier molecular flexibility index (Phi) is 5.45. The number of benzene rings is 1. The van der Waals surface area contributed by atoms with Gasteiger partial charge in [-0.15, -0.1) is 5.10 Å². The normalized spacial score (nSPS) is 11.0. The largest absolute Gasteiger partial charge is 0.487 e. The Balaban J connectivity index is 1.32. The van der Waals surface area contributed by atoms with E-state index in [0.29, 0.717) is 35.5 Å². The topological polar surface area (TPSA) is 132 Å². The number of pyridine rings is 1. The average molecular weight is 445 g/mol. The molecule has 0 bridgehead atoms. The highest BCUT2D eigenvalue weighted by Gasteiger charge is 2.18. The van der Waals surface area contributed by atoms with Crippen molar-refractivity contribution in [3.8, 4) is 34.5 Å². The van der Waals surface area contributed by atoms with Crippen LogP contribution in [0.15, 0.2) is 59.6 Å². The fourth-order valence-corrected chi connectivity index (χ4v) is 3.21. The van der Waals surface area contributed by atoms with Crippen molar-refractivity contribution in [3.05, 3.63) is 66.4 Å². The molecule has 12 nitrogen and oxygen atoms in total. The molecular formula is C21H19N9O3. The van der Waals surface area contributed by atoms with Crippen LogP contribution in [0, 0.1) is 0 Å². The van der Waals surface area contributed by atoms with E-state index in [1.54, 1.807) is 47.3 Å². The molecule has 0 atom stereocenters. The lowest BCUT2D eigenvalue weighted by atomic mass is 10.1. The summed E-state index contributed by atoms with van der Waals surface area (Å²) >= 11 is 0. The van der Waals surface area contributed by atoms with Gasteiger partial charge in [0.1, 0.15) is 18.7 Å². The van der Waals surface area contributed by atoms with E-state index in [0.717, 1.165) is 16.8 Å². The van der Waals surface area contributed by atoms with Crippen molar-refractivity contribution in [1.82, 2.24) is 45.1 Å². The monoisotopic (exact) mass is 445 g/mol. The second kappa shape index (κ2) is 8.86. The molecule has 0 amide bonds. The van der Waals surface area contributed by atoms with Crippen molar-refractivity contribution < 1.29 is 14.0 Å². The highest BCUT2D eigenvalue weighted by molar-refractivity contribution is 5.61. The molecule has 0 aliphatic heterocycles. The molecule has 0 aliphatic rings. The summed E-state index contributed by atoms with van der Waals surface area (Å²) in [5.41, 5.74) is 3.37. The number of hydrogen-bond acceptors (Lipinski definition) is 10. The summed E-state index contributed by atoms with van der Waals surface area (Å²) in [5.74, 6) is 1.94. The quantitative estimate of drug-likeness (QED) is 0.350. The molecule has 5 aromatic rings. The summed E-state index contributed by atoms with van der Waals surface area (Å²) in [6.07, 6.45) is 4.87. The van der Waals surface area contributed by atoms with Crippen LogP contribution < -0.4 is 9.47 Å². The van der Waals surface area contributed by atoms with Gasteiger partial charge in [-0.1, -0.05) is 29.4 Å². The molecule has 4 aromatic heterocycles. The maximum atomic E-state index is 5.90. The van der Waals surface area contributed by atoms with Crippen molar-refractivity contribution in [2.24, 2.45) is 7.05 Å². The number of aryl methyl sites for hydroxylation is 1. The third-order valence-corrected chi connectivity index (χ3v) is 4.96. The van der Waals surface area contributed by atoms with Crippen molar-refractivity contribution in [1.29, 1.82) is 0 Å². The second-order valence-electron chi connectivity index (χ2n) is 7.08.